The van der Waals surface area contributed by atoms with Crippen LogP contribution in [0.25, 0.3) is 27.8 Å². The van der Waals surface area contributed by atoms with Crippen molar-refractivity contribution >= 4 is 22.6 Å². The number of fused-ring (bicyclic) bond motifs is 3. The maximum atomic E-state index is 13.4. The maximum absolute atomic E-state index is 13.4. The summed E-state index contributed by atoms with van der Waals surface area (Å²) in [7, 11) is 0. The molecule has 1 amide bonds. The minimum atomic E-state index is -0.558. The zero-order valence-electron chi connectivity index (χ0n) is 18.1. The smallest absolute Gasteiger partial charge is 0.299 e. The molecule has 5 rings (SSSR count). The second-order valence-electron chi connectivity index (χ2n) is 7.48. The Morgan fingerprint density at radius 1 is 1.06 bits per heavy atom. The molecule has 0 aliphatic rings. The highest BCUT2D eigenvalue weighted by molar-refractivity contribution is 5.86. The Balaban J connectivity index is 1.49. The van der Waals surface area contributed by atoms with Gasteiger partial charge in [0, 0.05) is 6.20 Å². The lowest BCUT2D eigenvalue weighted by molar-refractivity contribution is -0.119. The Labute approximate surface area is 192 Å². The number of benzene rings is 2. The third kappa shape index (κ3) is 3.85. The number of carbonyl (C=O) groups is 1. The van der Waals surface area contributed by atoms with Gasteiger partial charge < -0.3 is 4.74 Å². The summed E-state index contributed by atoms with van der Waals surface area (Å²) < 4.78 is 21.4. The number of aryl methyl sites for hydroxylation is 1. The lowest BCUT2D eigenvalue weighted by atomic mass is 10.0. The minimum Gasteiger partial charge on any atom is -0.484 e. The second-order valence-corrected chi connectivity index (χ2v) is 7.48. The quantitative estimate of drug-likeness (QED) is 0.420. The van der Waals surface area contributed by atoms with E-state index in [9.17, 15) is 14.0 Å². The van der Waals surface area contributed by atoms with Crippen LogP contribution in [0.3, 0.4) is 0 Å². The average Bonchev–Trinajstić information content (AvgIpc) is 3.24. The largest absolute Gasteiger partial charge is 0.484 e. The molecule has 170 valence electrons. The van der Waals surface area contributed by atoms with E-state index in [2.05, 4.69) is 20.7 Å². The number of halogens is 1. The Kier molecular flexibility index (Phi) is 5.46. The molecule has 0 spiro atoms. The highest BCUT2D eigenvalue weighted by Crippen LogP contribution is 2.29. The number of hydrogen-bond donors (Lipinski definition) is 1. The number of rotatable bonds is 6. The molecule has 0 unspecified atom stereocenters. The number of para-hydroxylation sites is 1. The van der Waals surface area contributed by atoms with E-state index >= 15 is 0 Å². The average molecular weight is 458 g/mol. The van der Waals surface area contributed by atoms with E-state index in [1.807, 2.05) is 13.0 Å². The lowest BCUT2D eigenvalue weighted by Crippen LogP contribution is -2.35. The molecule has 0 saturated heterocycles. The van der Waals surface area contributed by atoms with Crippen molar-refractivity contribution < 1.29 is 13.9 Å². The number of ether oxygens (including phenoxy) is 1. The van der Waals surface area contributed by atoms with Crippen LogP contribution in [-0.4, -0.2) is 37.0 Å². The van der Waals surface area contributed by atoms with E-state index in [0.29, 0.717) is 23.3 Å². The molecule has 3 heterocycles. The molecule has 10 heteroatoms. The van der Waals surface area contributed by atoms with Crippen molar-refractivity contribution in [2.24, 2.45) is 0 Å². The molecule has 0 bridgehead atoms. The summed E-state index contributed by atoms with van der Waals surface area (Å²) in [4.78, 5) is 25.3. The number of amides is 1. The number of pyridine rings is 1. The van der Waals surface area contributed by atoms with Gasteiger partial charge in [0.15, 0.2) is 17.8 Å². The first kappa shape index (κ1) is 21.3. The fourth-order valence-corrected chi connectivity index (χ4v) is 3.67. The van der Waals surface area contributed by atoms with Gasteiger partial charge in [-0.05, 0) is 42.3 Å². The summed E-state index contributed by atoms with van der Waals surface area (Å²) in [6.45, 7) is 1.68. The maximum Gasteiger partial charge on any atom is 0.299 e. The van der Waals surface area contributed by atoms with Crippen LogP contribution < -0.4 is 15.7 Å². The second kappa shape index (κ2) is 8.74. The highest BCUT2D eigenvalue weighted by atomic mass is 19.1. The van der Waals surface area contributed by atoms with Gasteiger partial charge in [-0.15, -0.1) is 10.2 Å². The predicted octanol–water partition coefficient (Wildman–Crippen LogP) is 2.96. The van der Waals surface area contributed by atoms with E-state index in [0.717, 1.165) is 21.5 Å². The van der Waals surface area contributed by atoms with Gasteiger partial charge in [-0.2, -0.15) is 5.10 Å². The van der Waals surface area contributed by atoms with Crippen molar-refractivity contribution in [3.8, 4) is 16.9 Å². The van der Waals surface area contributed by atoms with Crippen molar-refractivity contribution in [3.63, 3.8) is 0 Å². The van der Waals surface area contributed by atoms with Crippen LogP contribution >= 0.6 is 0 Å². The zero-order chi connectivity index (χ0) is 23.7. The summed E-state index contributed by atoms with van der Waals surface area (Å²) in [5, 5.41) is 13.0. The van der Waals surface area contributed by atoms with Gasteiger partial charge in [-0.1, -0.05) is 37.3 Å². The van der Waals surface area contributed by atoms with E-state index in [1.165, 1.54) is 18.3 Å². The molecule has 0 radical (unpaired) electrons. The SMILES string of the molecule is CCc1nn2c(nnc3c(=O)n(NC(=O)COc4ccccc4)ccc32)c1-c1ccc(F)cc1. The first-order chi connectivity index (χ1) is 16.5. The van der Waals surface area contributed by atoms with Gasteiger partial charge >= 0.3 is 0 Å². The van der Waals surface area contributed by atoms with Gasteiger partial charge in [0.05, 0.1) is 11.3 Å². The Bertz CT molecular complexity index is 1560. The molecule has 1 N–H and O–H groups in total. The lowest BCUT2D eigenvalue weighted by Gasteiger charge is -2.10. The monoisotopic (exact) mass is 458 g/mol. The number of hydrogen-bond acceptors (Lipinski definition) is 6. The normalized spacial score (nSPS) is 11.1. The number of carbonyl (C=O) groups excluding carboxylic acids is 1. The molecule has 0 fully saturated rings. The molecule has 0 atom stereocenters. The topological polar surface area (TPSA) is 103 Å². The Hall–Kier alpha value is -4.60. The summed E-state index contributed by atoms with van der Waals surface area (Å²) >= 11 is 0. The van der Waals surface area contributed by atoms with Crippen molar-refractivity contribution in [1.82, 2.24) is 24.5 Å². The zero-order valence-corrected chi connectivity index (χ0v) is 18.1. The number of nitrogens with zero attached hydrogens (tertiary/aromatic N) is 5. The summed E-state index contributed by atoms with van der Waals surface area (Å²) in [5.74, 6) is -0.309. The molecule has 0 saturated carbocycles. The van der Waals surface area contributed by atoms with Crippen LogP contribution in [0, 0.1) is 5.82 Å². The van der Waals surface area contributed by atoms with Crippen molar-refractivity contribution in [2.45, 2.75) is 13.3 Å². The van der Waals surface area contributed by atoms with Gasteiger partial charge in [0.2, 0.25) is 0 Å². The summed E-state index contributed by atoms with van der Waals surface area (Å²) in [6.07, 6.45) is 2.03. The number of nitrogens with one attached hydrogen (secondary N) is 1. The van der Waals surface area contributed by atoms with Crippen molar-refractivity contribution in [3.05, 3.63) is 88.7 Å². The Morgan fingerprint density at radius 2 is 1.82 bits per heavy atom. The van der Waals surface area contributed by atoms with Gasteiger partial charge in [-0.25, -0.2) is 13.6 Å². The van der Waals surface area contributed by atoms with Crippen LogP contribution in [0.4, 0.5) is 4.39 Å². The van der Waals surface area contributed by atoms with Crippen LogP contribution in [0.15, 0.2) is 71.7 Å². The van der Waals surface area contributed by atoms with Crippen LogP contribution in [0.2, 0.25) is 0 Å². The molecular formula is C24H19FN6O3. The fraction of sp³-hybridized carbons (Fsp3) is 0.125. The Morgan fingerprint density at radius 3 is 2.56 bits per heavy atom. The van der Waals surface area contributed by atoms with E-state index in [-0.39, 0.29) is 17.9 Å². The summed E-state index contributed by atoms with van der Waals surface area (Å²) in [6, 6.07) is 16.6. The van der Waals surface area contributed by atoms with Gasteiger partial charge in [0.25, 0.3) is 11.5 Å². The van der Waals surface area contributed by atoms with Crippen molar-refractivity contribution in [2.75, 3.05) is 12.0 Å². The number of aromatic nitrogens is 5. The standard InChI is InChI=1S/C24H19FN6O3/c1-2-18-21(15-8-10-16(25)11-9-15)23-27-26-22-19(31(23)28-18)12-13-30(24(22)33)29-20(32)14-34-17-6-4-3-5-7-17/h3-13H,2,14H2,1H3,(H,29,32). The fourth-order valence-electron chi connectivity index (χ4n) is 3.67. The molecule has 34 heavy (non-hydrogen) atoms. The van der Waals surface area contributed by atoms with Crippen LogP contribution in [0.1, 0.15) is 12.6 Å². The molecule has 2 aromatic carbocycles. The van der Waals surface area contributed by atoms with Crippen LogP contribution in [0.5, 0.6) is 5.75 Å². The minimum absolute atomic E-state index is 0.0371. The van der Waals surface area contributed by atoms with E-state index < -0.39 is 11.5 Å². The third-order valence-corrected chi connectivity index (χ3v) is 5.28. The molecule has 9 nitrogen and oxygen atoms in total. The van der Waals surface area contributed by atoms with E-state index in [1.54, 1.807) is 47.0 Å². The third-order valence-electron chi connectivity index (χ3n) is 5.28. The molecule has 0 aliphatic heterocycles. The first-order valence-electron chi connectivity index (χ1n) is 10.6. The molecule has 3 aromatic heterocycles. The highest BCUT2D eigenvalue weighted by Gasteiger charge is 2.19. The first-order valence-corrected chi connectivity index (χ1v) is 10.6. The van der Waals surface area contributed by atoms with Gasteiger partial charge in [0.1, 0.15) is 17.1 Å². The molecule has 5 aromatic rings. The molecular weight excluding hydrogens is 439 g/mol. The van der Waals surface area contributed by atoms with Crippen molar-refractivity contribution in [1.29, 1.82) is 0 Å². The van der Waals surface area contributed by atoms with Gasteiger partial charge in [-0.3, -0.25) is 15.0 Å². The van der Waals surface area contributed by atoms with Crippen LogP contribution in [-0.2, 0) is 11.2 Å². The summed E-state index contributed by atoms with van der Waals surface area (Å²) in [5.41, 5.74) is 5.07. The molecule has 0 aliphatic carbocycles. The predicted molar refractivity (Wildman–Crippen MR) is 124 cm³/mol. The van der Waals surface area contributed by atoms with E-state index in [4.69, 9.17) is 4.74 Å².